The van der Waals surface area contributed by atoms with E-state index >= 15 is 0 Å². The van der Waals surface area contributed by atoms with Gasteiger partial charge in [-0.25, -0.2) is 0 Å². The van der Waals surface area contributed by atoms with Crippen LogP contribution in [0.1, 0.15) is 31.9 Å². The van der Waals surface area contributed by atoms with Gasteiger partial charge < -0.3 is 14.8 Å². The molecule has 2 aromatic rings. The lowest BCUT2D eigenvalue weighted by atomic mass is 9.74. The van der Waals surface area contributed by atoms with Gasteiger partial charge in [0.25, 0.3) is 0 Å². The van der Waals surface area contributed by atoms with Crippen LogP contribution in [0.2, 0.25) is 0 Å². The Morgan fingerprint density at radius 2 is 2.22 bits per heavy atom. The molecule has 1 aromatic carbocycles. The molecular formula is C22H28N2O3. The summed E-state index contributed by atoms with van der Waals surface area (Å²) >= 11 is 0. The molecule has 0 amide bonds. The number of benzene rings is 1. The summed E-state index contributed by atoms with van der Waals surface area (Å²) in [5.41, 5.74) is 1.84. The zero-order valence-corrected chi connectivity index (χ0v) is 16.3. The Kier molecular flexibility index (Phi) is 6.11. The number of ether oxygens (including phenoxy) is 2. The average molecular weight is 368 g/mol. The van der Waals surface area contributed by atoms with Crippen molar-refractivity contribution in [2.75, 3.05) is 20.2 Å². The molecule has 0 radical (unpaired) electrons. The molecule has 4 unspecified atom stereocenters. The van der Waals surface area contributed by atoms with E-state index in [1.165, 1.54) is 6.92 Å². The number of rotatable bonds is 6. The Hall–Kier alpha value is -2.40. The van der Waals surface area contributed by atoms with Gasteiger partial charge in [-0.2, -0.15) is 0 Å². The number of fused-ring (bicyclic) bond motifs is 1. The van der Waals surface area contributed by atoms with Gasteiger partial charge >= 0.3 is 5.97 Å². The topological polar surface area (TPSA) is 60.5 Å². The first-order valence-corrected chi connectivity index (χ1v) is 9.48. The van der Waals surface area contributed by atoms with Crippen molar-refractivity contribution in [1.29, 1.82) is 0 Å². The summed E-state index contributed by atoms with van der Waals surface area (Å²) in [6.45, 7) is 9.53. The molecule has 1 aliphatic rings. The number of piperidine rings is 1. The highest BCUT2D eigenvalue weighted by atomic mass is 16.5. The molecule has 3 rings (SSSR count). The highest BCUT2D eigenvalue weighted by Gasteiger charge is 2.35. The molecule has 5 heteroatoms. The number of aromatic nitrogens is 1. The van der Waals surface area contributed by atoms with Crippen LogP contribution in [0.4, 0.5) is 0 Å². The van der Waals surface area contributed by atoms with E-state index in [4.69, 9.17) is 9.47 Å². The van der Waals surface area contributed by atoms with E-state index in [1.807, 2.05) is 30.3 Å². The van der Waals surface area contributed by atoms with Gasteiger partial charge in [0, 0.05) is 36.5 Å². The number of methoxy groups -OCH3 is 1. The summed E-state index contributed by atoms with van der Waals surface area (Å²) in [4.78, 5) is 16.4. The second-order valence-corrected chi connectivity index (χ2v) is 7.23. The minimum absolute atomic E-state index is 0.149. The van der Waals surface area contributed by atoms with Crippen molar-refractivity contribution in [1.82, 2.24) is 10.3 Å². The Labute approximate surface area is 160 Å². The number of esters is 1. The normalized spacial score (nSPS) is 22.0. The Balaban J connectivity index is 2.05. The quantitative estimate of drug-likeness (QED) is 0.619. The maximum atomic E-state index is 11.9. The molecule has 0 bridgehead atoms. The Morgan fingerprint density at radius 1 is 1.41 bits per heavy atom. The fourth-order valence-electron chi connectivity index (χ4n) is 4.19. The molecule has 1 aromatic heterocycles. The molecule has 144 valence electrons. The van der Waals surface area contributed by atoms with Gasteiger partial charge in [0.05, 0.1) is 12.6 Å². The van der Waals surface area contributed by atoms with E-state index in [1.54, 1.807) is 13.3 Å². The maximum absolute atomic E-state index is 11.9. The smallest absolute Gasteiger partial charge is 0.303 e. The number of nitrogens with zero attached hydrogens (tertiary/aromatic N) is 1. The van der Waals surface area contributed by atoms with Crippen molar-refractivity contribution in [2.45, 2.75) is 26.4 Å². The summed E-state index contributed by atoms with van der Waals surface area (Å²) in [5.74, 6) is 1.38. The van der Waals surface area contributed by atoms with E-state index in [0.29, 0.717) is 11.8 Å². The van der Waals surface area contributed by atoms with Crippen molar-refractivity contribution in [3.63, 3.8) is 0 Å². The lowest BCUT2D eigenvalue weighted by Crippen LogP contribution is -2.40. The first kappa shape index (κ1) is 19.4. The molecular weight excluding hydrogens is 340 g/mol. The molecule has 1 saturated heterocycles. The molecule has 1 aliphatic heterocycles. The lowest BCUT2D eigenvalue weighted by Gasteiger charge is -2.38. The second-order valence-electron chi connectivity index (χ2n) is 7.23. The Morgan fingerprint density at radius 3 is 2.93 bits per heavy atom. The molecule has 5 nitrogen and oxygen atoms in total. The molecule has 0 spiro atoms. The zero-order valence-electron chi connectivity index (χ0n) is 16.3. The number of carbonyl (C=O) groups is 1. The monoisotopic (exact) mass is 368 g/mol. The van der Waals surface area contributed by atoms with Gasteiger partial charge in [0.1, 0.15) is 11.9 Å². The summed E-state index contributed by atoms with van der Waals surface area (Å²) in [6, 6.07) is 7.75. The lowest BCUT2D eigenvalue weighted by molar-refractivity contribution is -0.151. The zero-order chi connectivity index (χ0) is 19.4. The number of hydrogen-bond donors (Lipinski definition) is 1. The van der Waals surface area contributed by atoms with Crippen LogP contribution in [-0.2, 0) is 9.53 Å². The largest absolute Gasteiger partial charge is 0.497 e. The number of nitrogens with one attached hydrogen (secondary N) is 1. The first-order valence-electron chi connectivity index (χ1n) is 9.48. The van der Waals surface area contributed by atoms with Crippen LogP contribution < -0.4 is 10.1 Å². The van der Waals surface area contributed by atoms with Crippen LogP contribution in [0.5, 0.6) is 5.75 Å². The molecule has 1 fully saturated rings. The third kappa shape index (κ3) is 4.14. The van der Waals surface area contributed by atoms with E-state index in [2.05, 4.69) is 23.8 Å². The van der Waals surface area contributed by atoms with Crippen LogP contribution in [0.25, 0.3) is 10.9 Å². The van der Waals surface area contributed by atoms with Crippen LogP contribution in [0, 0.1) is 17.8 Å². The van der Waals surface area contributed by atoms with E-state index in [-0.39, 0.29) is 18.0 Å². The predicted molar refractivity (Wildman–Crippen MR) is 107 cm³/mol. The van der Waals surface area contributed by atoms with Crippen LogP contribution in [0.3, 0.4) is 0 Å². The van der Waals surface area contributed by atoms with Gasteiger partial charge in [-0.1, -0.05) is 13.0 Å². The number of carbonyl (C=O) groups excluding carboxylic acids is 1. The van der Waals surface area contributed by atoms with Crippen molar-refractivity contribution in [3.8, 4) is 5.75 Å². The highest BCUT2D eigenvalue weighted by Crippen LogP contribution is 2.40. The van der Waals surface area contributed by atoms with Crippen molar-refractivity contribution in [3.05, 3.63) is 48.7 Å². The molecule has 2 heterocycles. The summed E-state index contributed by atoms with van der Waals surface area (Å²) in [6.07, 6.45) is 4.49. The van der Waals surface area contributed by atoms with Crippen LogP contribution in [0.15, 0.2) is 43.1 Å². The van der Waals surface area contributed by atoms with Gasteiger partial charge in [-0.05, 0) is 49.1 Å². The summed E-state index contributed by atoms with van der Waals surface area (Å²) in [7, 11) is 1.65. The molecule has 1 N–H and O–H groups in total. The highest BCUT2D eigenvalue weighted by molar-refractivity contribution is 5.84. The second kappa shape index (κ2) is 8.53. The average Bonchev–Trinajstić information content (AvgIpc) is 2.70. The number of hydrogen-bond acceptors (Lipinski definition) is 5. The van der Waals surface area contributed by atoms with Crippen molar-refractivity contribution in [2.24, 2.45) is 17.8 Å². The fraction of sp³-hybridized carbons (Fsp3) is 0.455. The van der Waals surface area contributed by atoms with Gasteiger partial charge in [-0.3, -0.25) is 9.78 Å². The van der Waals surface area contributed by atoms with E-state index in [0.717, 1.165) is 41.7 Å². The summed E-state index contributed by atoms with van der Waals surface area (Å²) < 4.78 is 11.3. The predicted octanol–water partition coefficient (Wildman–Crippen LogP) is 3.90. The third-order valence-electron chi connectivity index (χ3n) is 5.62. The van der Waals surface area contributed by atoms with E-state index < -0.39 is 0 Å². The maximum Gasteiger partial charge on any atom is 0.303 e. The first-order chi connectivity index (χ1) is 13.0. The molecule has 27 heavy (non-hydrogen) atoms. The van der Waals surface area contributed by atoms with Crippen LogP contribution >= 0.6 is 0 Å². The van der Waals surface area contributed by atoms with Crippen LogP contribution in [-0.4, -0.2) is 31.2 Å². The van der Waals surface area contributed by atoms with Gasteiger partial charge in [0.15, 0.2) is 0 Å². The van der Waals surface area contributed by atoms with Gasteiger partial charge in [-0.15, -0.1) is 6.58 Å². The summed E-state index contributed by atoms with van der Waals surface area (Å²) in [5, 5.41) is 4.39. The Bertz CT molecular complexity index is 820. The minimum atomic E-state index is -0.342. The standard InChI is InChI=1S/C22H28N2O3/c1-5-16-13-23-10-8-18(16)14(2)22(27-15(3)25)19-9-11-24-21-7-6-17(26-4)12-20(19)21/h5-7,9,11-12,14,16,18,22-23H,1,8,10,13H2,2-4H3. The molecule has 0 aliphatic carbocycles. The van der Waals surface area contributed by atoms with Crippen molar-refractivity contribution >= 4 is 16.9 Å². The molecule has 4 atom stereocenters. The SMILES string of the molecule is C=CC1CNCCC1C(C)C(OC(C)=O)c1ccnc2ccc(OC)cc12. The third-order valence-corrected chi connectivity index (χ3v) is 5.62. The van der Waals surface area contributed by atoms with Crippen molar-refractivity contribution < 1.29 is 14.3 Å². The van der Waals surface area contributed by atoms with Gasteiger partial charge in [0.2, 0.25) is 0 Å². The minimum Gasteiger partial charge on any atom is -0.497 e. The number of pyridine rings is 1. The molecule has 0 saturated carbocycles. The fourth-order valence-corrected chi connectivity index (χ4v) is 4.19. The van der Waals surface area contributed by atoms with E-state index in [9.17, 15) is 4.79 Å².